The highest BCUT2D eigenvalue weighted by molar-refractivity contribution is 7.98. The third-order valence-corrected chi connectivity index (χ3v) is 6.32. The van der Waals surface area contributed by atoms with Crippen molar-refractivity contribution < 1.29 is 0 Å². The van der Waals surface area contributed by atoms with Gasteiger partial charge in [0.05, 0.1) is 11.6 Å². The van der Waals surface area contributed by atoms with Crippen LogP contribution in [0.4, 0.5) is 0 Å². The first-order valence-corrected chi connectivity index (χ1v) is 10.9. The van der Waals surface area contributed by atoms with Crippen molar-refractivity contribution in [3.63, 3.8) is 0 Å². The van der Waals surface area contributed by atoms with Gasteiger partial charge in [0.2, 0.25) is 0 Å². The van der Waals surface area contributed by atoms with E-state index in [9.17, 15) is 0 Å². The maximum absolute atomic E-state index is 9.12. The van der Waals surface area contributed by atoms with Crippen LogP contribution in [-0.2, 0) is 12.2 Å². The highest BCUT2D eigenvalue weighted by Gasteiger charge is 2.23. The van der Waals surface area contributed by atoms with Crippen LogP contribution in [0, 0.1) is 11.3 Å². The second-order valence-electron chi connectivity index (χ2n) is 7.32. The van der Waals surface area contributed by atoms with Crippen LogP contribution in [-0.4, -0.2) is 14.8 Å². The van der Waals surface area contributed by atoms with Crippen LogP contribution in [0.25, 0.3) is 0 Å². The molecule has 4 nitrogen and oxygen atoms in total. The van der Waals surface area contributed by atoms with Gasteiger partial charge in [-0.1, -0.05) is 73.5 Å². The number of hydrogen-bond acceptors (Lipinski definition) is 4. The highest BCUT2D eigenvalue weighted by atomic mass is 32.2. The third kappa shape index (κ3) is 4.45. The first kappa shape index (κ1) is 18.8. The molecule has 1 fully saturated rings. The minimum Gasteiger partial charge on any atom is -0.303 e. The quantitative estimate of drug-likeness (QED) is 0.520. The van der Waals surface area contributed by atoms with Crippen molar-refractivity contribution in [3.8, 4) is 6.07 Å². The molecular formula is C23H24N4S. The van der Waals surface area contributed by atoms with Crippen molar-refractivity contribution in [2.45, 2.75) is 55.5 Å². The molecule has 1 aromatic heterocycles. The summed E-state index contributed by atoms with van der Waals surface area (Å²) in [6, 6.07) is 21.0. The van der Waals surface area contributed by atoms with Gasteiger partial charge in [0, 0.05) is 18.2 Å². The molecule has 0 amide bonds. The second kappa shape index (κ2) is 9.07. The molecule has 1 aliphatic rings. The van der Waals surface area contributed by atoms with Crippen LogP contribution in [0.5, 0.6) is 0 Å². The molecule has 0 atom stereocenters. The molecule has 4 rings (SSSR count). The van der Waals surface area contributed by atoms with Gasteiger partial charge in [-0.25, -0.2) is 0 Å². The lowest BCUT2D eigenvalue weighted by atomic mass is 9.95. The first-order valence-electron chi connectivity index (χ1n) is 9.93. The lowest BCUT2D eigenvalue weighted by Gasteiger charge is -2.25. The maximum atomic E-state index is 9.12. The van der Waals surface area contributed by atoms with Gasteiger partial charge in [-0.15, -0.1) is 10.2 Å². The zero-order valence-corrected chi connectivity index (χ0v) is 16.7. The van der Waals surface area contributed by atoms with Gasteiger partial charge in [-0.3, -0.25) is 0 Å². The summed E-state index contributed by atoms with van der Waals surface area (Å²) in [5.41, 5.74) is 3.12. The van der Waals surface area contributed by atoms with E-state index in [-0.39, 0.29) is 0 Å². The third-order valence-electron chi connectivity index (χ3n) is 5.30. The molecule has 0 aliphatic heterocycles. The number of nitrogens with zero attached hydrogens (tertiary/aromatic N) is 4. The van der Waals surface area contributed by atoms with E-state index < -0.39 is 0 Å². The lowest BCUT2D eigenvalue weighted by molar-refractivity contribution is 0.330. The van der Waals surface area contributed by atoms with Crippen molar-refractivity contribution in [1.29, 1.82) is 5.26 Å². The predicted molar refractivity (Wildman–Crippen MR) is 112 cm³/mol. The van der Waals surface area contributed by atoms with Crippen LogP contribution in [0.15, 0.2) is 59.8 Å². The molecule has 0 radical (unpaired) electrons. The maximum Gasteiger partial charge on any atom is 0.191 e. The molecule has 0 saturated heterocycles. The summed E-state index contributed by atoms with van der Waals surface area (Å²) in [5, 5.41) is 19.3. The van der Waals surface area contributed by atoms with Crippen LogP contribution in [0.1, 0.15) is 60.7 Å². The fourth-order valence-corrected chi connectivity index (χ4v) is 4.86. The van der Waals surface area contributed by atoms with Crippen molar-refractivity contribution in [2.75, 3.05) is 0 Å². The summed E-state index contributed by atoms with van der Waals surface area (Å²) in [4.78, 5) is 0. The minimum absolute atomic E-state index is 0.496. The van der Waals surface area contributed by atoms with E-state index in [4.69, 9.17) is 5.26 Å². The smallest absolute Gasteiger partial charge is 0.191 e. The van der Waals surface area contributed by atoms with E-state index >= 15 is 0 Å². The Morgan fingerprint density at radius 3 is 2.54 bits per heavy atom. The molecule has 3 aromatic rings. The van der Waals surface area contributed by atoms with Crippen molar-refractivity contribution in [1.82, 2.24) is 14.8 Å². The van der Waals surface area contributed by atoms with E-state index in [1.807, 2.05) is 24.3 Å². The van der Waals surface area contributed by atoms with Gasteiger partial charge in [-0.2, -0.15) is 5.26 Å². The Balaban J connectivity index is 1.58. The normalized spacial score (nSPS) is 14.7. The van der Waals surface area contributed by atoms with E-state index in [2.05, 4.69) is 51.2 Å². The Kier molecular flexibility index (Phi) is 6.08. The molecule has 28 heavy (non-hydrogen) atoms. The van der Waals surface area contributed by atoms with E-state index in [1.165, 1.54) is 37.7 Å². The lowest BCUT2D eigenvalue weighted by Crippen LogP contribution is -2.17. The number of hydrogen-bond donors (Lipinski definition) is 0. The number of thioether (sulfide) groups is 1. The van der Waals surface area contributed by atoms with Gasteiger partial charge in [0.15, 0.2) is 5.16 Å². The van der Waals surface area contributed by atoms with Crippen LogP contribution in [0.3, 0.4) is 0 Å². The molecule has 0 spiro atoms. The molecule has 2 aromatic carbocycles. The molecule has 0 bridgehead atoms. The molecule has 0 N–H and O–H groups in total. The zero-order chi connectivity index (χ0) is 19.2. The fourth-order valence-electron chi connectivity index (χ4n) is 3.89. The number of nitriles is 1. The monoisotopic (exact) mass is 388 g/mol. The van der Waals surface area contributed by atoms with Crippen LogP contribution < -0.4 is 0 Å². The van der Waals surface area contributed by atoms with E-state index in [0.717, 1.165) is 28.7 Å². The van der Waals surface area contributed by atoms with Gasteiger partial charge in [-0.05, 0) is 36.1 Å². The summed E-state index contributed by atoms with van der Waals surface area (Å²) < 4.78 is 2.39. The topological polar surface area (TPSA) is 54.5 Å². The largest absolute Gasteiger partial charge is 0.303 e. The average molecular weight is 389 g/mol. The standard InChI is InChI=1S/C23H24N4S/c24-16-19-10-7-11-20(14-19)17-28-23-26-25-22(15-18-8-3-1-4-9-18)27(23)21-12-5-2-6-13-21/h1,3-4,7-11,14,21H,2,5-6,12-13,15,17H2. The van der Waals surface area contributed by atoms with Gasteiger partial charge in [0.25, 0.3) is 0 Å². The Morgan fingerprint density at radius 2 is 1.75 bits per heavy atom. The number of rotatable bonds is 6. The highest BCUT2D eigenvalue weighted by Crippen LogP contribution is 2.34. The summed E-state index contributed by atoms with van der Waals surface area (Å²) in [6.07, 6.45) is 7.11. The van der Waals surface area contributed by atoms with Gasteiger partial charge in [0.1, 0.15) is 5.82 Å². The molecule has 1 saturated carbocycles. The molecule has 142 valence electrons. The SMILES string of the molecule is N#Cc1cccc(CSc2nnc(Cc3ccccc3)n2C2CCCCC2)c1. The summed E-state index contributed by atoms with van der Waals surface area (Å²) >= 11 is 1.72. The van der Waals surface area contributed by atoms with E-state index in [1.54, 1.807) is 11.8 Å². The molecule has 5 heteroatoms. The average Bonchev–Trinajstić information content (AvgIpc) is 3.16. The zero-order valence-electron chi connectivity index (χ0n) is 15.9. The van der Waals surface area contributed by atoms with Gasteiger partial charge >= 0.3 is 0 Å². The Labute approximate surface area is 170 Å². The van der Waals surface area contributed by atoms with Crippen LogP contribution in [0.2, 0.25) is 0 Å². The summed E-state index contributed by atoms with van der Waals surface area (Å²) in [6.45, 7) is 0. The van der Waals surface area contributed by atoms with Crippen molar-refractivity contribution in [2.24, 2.45) is 0 Å². The first-order chi connectivity index (χ1) is 13.8. The Hall–Kier alpha value is -2.58. The molecule has 0 unspecified atom stereocenters. The molecule has 1 aliphatic carbocycles. The number of benzene rings is 2. The Morgan fingerprint density at radius 1 is 0.964 bits per heavy atom. The van der Waals surface area contributed by atoms with Crippen molar-refractivity contribution in [3.05, 3.63) is 77.1 Å². The molecular weight excluding hydrogens is 364 g/mol. The van der Waals surface area contributed by atoms with E-state index in [0.29, 0.717) is 11.6 Å². The van der Waals surface area contributed by atoms with Crippen LogP contribution >= 0.6 is 11.8 Å². The summed E-state index contributed by atoms with van der Waals surface area (Å²) in [5.74, 6) is 1.86. The Bertz CT molecular complexity index is 952. The minimum atomic E-state index is 0.496. The van der Waals surface area contributed by atoms with Gasteiger partial charge < -0.3 is 4.57 Å². The number of aromatic nitrogens is 3. The van der Waals surface area contributed by atoms with Crippen molar-refractivity contribution >= 4 is 11.8 Å². The second-order valence-corrected chi connectivity index (χ2v) is 8.27. The molecule has 1 heterocycles. The predicted octanol–water partition coefficient (Wildman–Crippen LogP) is 5.54. The fraction of sp³-hybridized carbons (Fsp3) is 0.348. The summed E-state index contributed by atoms with van der Waals surface area (Å²) in [7, 11) is 0.